The van der Waals surface area contributed by atoms with Crippen LogP contribution in [0.4, 0.5) is 5.13 Å². The molecular weight excluding hydrogens is 578 g/mol. The smallest absolute Gasteiger partial charge is 0.301 e. The maximum absolute atomic E-state index is 13.6. The van der Waals surface area contributed by atoms with Crippen LogP contribution in [0.25, 0.3) is 11.4 Å². The Morgan fingerprint density at radius 2 is 1.78 bits per heavy atom. The minimum Gasteiger partial charge on any atom is -0.505 e. The standard InChI is InChI=1S/C30H24ClN5O3S2/c1-16-10-12-19(13-11-16)24-22(25(37)23-18(3)35-14-6-7-17(2)27(35)32-23)26(38)28(39)36(24)29-33-34-30(41-29)40-15-20-8-4-5-9-21(20)31/h4-14,24,37H,15H2,1-3H3. The van der Waals surface area contributed by atoms with Crippen LogP contribution in [0.15, 0.2) is 76.8 Å². The van der Waals surface area contributed by atoms with Crippen LogP contribution in [0.1, 0.15) is 39.7 Å². The average Bonchev–Trinajstić information content (AvgIpc) is 3.64. The molecule has 5 aromatic rings. The van der Waals surface area contributed by atoms with E-state index in [2.05, 4.69) is 15.2 Å². The third-order valence-electron chi connectivity index (χ3n) is 7.06. The molecule has 1 aliphatic heterocycles. The predicted molar refractivity (Wildman–Crippen MR) is 162 cm³/mol. The van der Waals surface area contributed by atoms with Gasteiger partial charge in [-0.15, -0.1) is 10.2 Å². The van der Waals surface area contributed by atoms with Gasteiger partial charge in [0, 0.05) is 17.0 Å². The average molecular weight is 602 g/mol. The molecule has 1 N–H and O–H groups in total. The van der Waals surface area contributed by atoms with Crippen LogP contribution in [-0.2, 0) is 15.3 Å². The van der Waals surface area contributed by atoms with Gasteiger partial charge < -0.3 is 9.51 Å². The minimum absolute atomic E-state index is 0.0384. The SMILES string of the molecule is Cc1ccc(C2C(=C(O)c3nc4c(C)cccn4c3C)C(=O)C(=O)N2c2nnc(SCc3ccccc3Cl)s2)cc1. The lowest BCUT2D eigenvalue weighted by Gasteiger charge is -2.22. The normalized spacial score (nSPS) is 16.7. The Hall–Kier alpha value is -3.99. The molecule has 0 radical (unpaired) electrons. The Labute approximate surface area is 249 Å². The van der Waals surface area contributed by atoms with Crippen molar-refractivity contribution in [2.45, 2.75) is 36.9 Å². The summed E-state index contributed by atoms with van der Waals surface area (Å²) in [5.41, 5.74) is 5.09. The first-order valence-corrected chi connectivity index (χ1v) is 14.9. The number of aryl methyl sites for hydroxylation is 3. The second-order valence-electron chi connectivity index (χ2n) is 9.74. The highest BCUT2D eigenvalue weighted by molar-refractivity contribution is 8.00. The van der Waals surface area contributed by atoms with Gasteiger partial charge in [-0.1, -0.05) is 88.8 Å². The van der Waals surface area contributed by atoms with Crippen molar-refractivity contribution < 1.29 is 14.7 Å². The van der Waals surface area contributed by atoms with E-state index in [0.717, 1.165) is 16.7 Å². The molecule has 1 aliphatic rings. The second kappa shape index (κ2) is 10.8. The predicted octanol–water partition coefficient (Wildman–Crippen LogP) is 6.68. The lowest BCUT2D eigenvalue weighted by atomic mass is 9.96. The van der Waals surface area contributed by atoms with Crippen molar-refractivity contribution in [3.05, 3.63) is 111 Å². The Morgan fingerprint density at radius 3 is 2.51 bits per heavy atom. The highest BCUT2D eigenvalue weighted by atomic mass is 35.5. The van der Waals surface area contributed by atoms with Gasteiger partial charge in [0.15, 0.2) is 10.1 Å². The van der Waals surface area contributed by atoms with Crippen LogP contribution in [0.3, 0.4) is 0 Å². The molecule has 206 valence electrons. The van der Waals surface area contributed by atoms with Crippen LogP contribution in [0.2, 0.25) is 5.02 Å². The molecule has 3 aromatic heterocycles. The molecule has 11 heteroatoms. The van der Waals surface area contributed by atoms with Gasteiger partial charge in [0.05, 0.1) is 17.3 Å². The van der Waals surface area contributed by atoms with E-state index in [9.17, 15) is 14.7 Å². The summed E-state index contributed by atoms with van der Waals surface area (Å²) in [5, 5.41) is 21.1. The summed E-state index contributed by atoms with van der Waals surface area (Å²) in [6, 6.07) is 18.0. The molecular formula is C30H24ClN5O3S2. The Morgan fingerprint density at radius 1 is 1.02 bits per heavy atom. The van der Waals surface area contributed by atoms with Crippen molar-refractivity contribution >= 4 is 62.9 Å². The summed E-state index contributed by atoms with van der Waals surface area (Å²) >= 11 is 8.95. The van der Waals surface area contributed by atoms with E-state index in [4.69, 9.17) is 11.6 Å². The van der Waals surface area contributed by atoms with E-state index < -0.39 is 17.7 Å². The van der Waals surface area contributed by atoms with Crippen LogP contribution in [0, 0.1) is 20.8 Å². The fourth-order valence-corrected chi connectivity index (χ4v) is 7.03. The Bertz CT molecular complexity index is 1860. The number of carbonyl (C=O) groups excluding carboxylic acids is 2. The number of carbonyl (C=O) groups is 2. The number of aromatic nitrogens is 4. The lowest BCUT2D eigenvalue weighted by Crippen LogP contribution is -2.29. The molecule has 1 unspecified atom stereocenters. The molecule has 8 nitrogen and oxygen atoms in total. The number of halogens is 1. The van der Waals surface area contributed by atoms with Crippen LogP contribution >= 0.6 is 34.7 Å². The molecule has 2 aromatic carbocycles. The van der Waals surface area contributed by atoms with Gasteiger partial charge in [0.2, 0.25) is 5.13 Å². The quantitative estimate of drug-likeness (QED) is 0.0761. The molecule has 0 spiro atoms. The number of Topliss-reactive ketones (excluding diaryl/α,β-unsaturated/α-hetero) is 1. The van der Waals surface area contributed by atoms with Crippen LogP contribution < -0.4 is 4.90 Å². The fourth-order valence-electron chi connectivity index (χ4n) is 4.88. The van der Waals surface area contributed by atoms with E-state index >= 15 is 0 Å². The third-order valence-corrected chi connectivity index (χ3v) is 9.53. The zero-order valence-electron chi connectivity index (χ0n) is 22.3. The monoisotopic (exact) mass is 601 g/mol. The lowest BCUT2D eigenvalue weighted by molar-refractivity contribution is -0.132. The number of benzene rings is 2. The zero-order valence-corrected chi connectivity index (χ0v) is 24.7. The number of rotatable bonds is 6. The number of anilines is 1. The molecule has 41 heavy (non-hydrogen) atoms. The van der Waals surface area contributed by atoms with Crippen molar-refractivity contribution in [1.29, 1.82) is 0 Å². The highest BCUT2D eigenvalue weighted by Gasteiger charge is 2.48. The van der Waals surface area contributed by atoms with E-state index in [1.807, 2.05) is 92.0 Å². The summed E-state index contributed by atoms with van der Waals surface area (Å²) in [5.74, 6) is -1.34. The molecule has 1 saturated heterocycles. The van der Waals surface area contributed by atoms with Gasteiger partial charge in [-0.3, -0.25) is 14.5 Å². The molecule has 1 fully saturated rings. The number of imidazole rings is 1. The molecule has 0 aliphatic carbocycles. The number of pyridine rings is 1. The Kier molecular flexibility index (Phi) is 7.14. The van der Waals surface area contributed by atoms with E-state index in [-0.39, 0.29) is 22.2 Å². The zero-order chi connectivity index (χ0) is 28.8. The molecule has 4 heterocycles. The number of fused-ring (bicyclic) bond motifs is 1. The van der Waals surface area contributed by atoms with Crippen molar-refractivity contribution in [2.75, 3.05) is 4.90 Å². The number of aliphatic hydroxyl groups excluding tert-OH is 1. The molecule has 1 amide bonds. The fraction of sp³-hybridized carbons (Fsp3) is 0.167. The van der Waals surface area contributed by atoms with Crippen molar-refractivity contribution in [2.24, 2.45) is 0 Å². The number of hydrogen-bond donors (Lipinski definition) is 1. The number of amides is 1. The number of hydrogen-bond acceptors (Lipinski definition) is 8. The first-order valence-electron chi connectivity index (χ1n) is 12.8. The number of ketones is 1. The van der Waals surface area contributed by atoms with Gasteiger partial charge in [0.25, 0.3) is 5.78 Å². The van der Waals surface area contributed by atoms with Gasteiger partial charge in [0.1, 0.15) is 11.3 Å². The van der Waals surface area contributed by atoms with Crippen molar-refractivity contribution in [3.63, 3.8) is 0 Å². The summed E-state index contributed by atoms with van der Waals surface area (Å²) < 4.78 is 2.48. The maximum atomic E-state index is 13.6. The third kappa shape index (κ3) is 4.81. The van der Waals surface area contributed by atoms with Crippen molar-refractivity contribution in [1.82, 2.24) is 19.6 Å². The van der Waals surface area contributed by atoms with Gasteiger partial charge in [-0.2, -0.15) is 0 Å². The molecule has 0 saturated carbocycles. The number of nitrogens with zero attached hydrogens (tertiary/aromatic N) is 5. The number of thioether (sulfide) groups is 1. The van der Waals surface area contributed by atoms with Crippen LogP contribution in [0.5, 0.6) is 0 Å². The van der Waals surface area contributed by atoms with E-state index in [1.54, 1.807) is 0 Å². The first kappa shape index (κ1) is 27.2. The van der Waals surface area contributed by atoms with Gasteiger partial charge in [-0.05, 0) is 49.6 Å². The van der Waals surface area contributed by atoms with Crippen molar-refractivity contribution in [3.8, 4) is 0 Å². The largest absolute Gasteiger partial charge is 0.505 e. The topological polar surface area (TPSA) is 101 Å². The van der Waals surface area contributed by atoms with E-state index in [1.165, 1.54) is 28.0 Å². The maximum Gasteiger partial charge on any atom is 0.301 e. The second-order valence-corrected chi connectivity index (χ2v) is 12.3. The molecule has 1 atom stereocenters. The van der Waals surface area contributed by atoms with Gasteiger partial charge >= 0.3 is 5.91 Å². The van der Waals surface area contributed by atoms with Crippen LogP contribution in [-0.4, -0.2) is 36.4 Å². The summed E-state index contributed by atoms with van der Waals surface area (Å²) in [4.78, 5) is 33.1. The minimum atomic E-state index is -0.907. The highest BCUT2D eigenvalue weighted by Crippen LogP contribution is 2.44. The number of aliphatic hydroxyl groups is 1. The first-order chi connectivity index (χ1) is 19.7. The van der Waals surface area contributed by atoms with E-state index in [0.29, 0.717) is 32.0 Å². The molecule has 0 bridgehead atoms. The summed E-state index contributed by atoms with van der Waals surface area (Å²) in [6.07, 6.45) is 1.85. The molecule has 6 rings (SSSR count). The summed E-state index contributed by atoms with van der Waals surface area (Å²) in [6.45, 7) is 5.70. The summed E-state index contributed by atoms with van der Waals surface area (Å²) in [7, 11) is 0. The Balaban J connectivity index is 1.44. The van der Waals surface area contributed by atoms with Gasteiger partial charge in [-0.25, -0.2) is 4.98 Å².